The topological polar surface area (TPSA) is 32.3 Å². The first-order valence-electron chi connectivity index (χ1n) is 9.36. The maximum atomic E-state index is 13.5. The molecule has 2 fully saturated rings. The van der Waals surface area contributed by atoms with E-state index in [-0.39, 0.29) is 17.8 Å². The first kappa shape index (κ1) is 20.5. The lowest BCUT2D eigenvalue weighted by Crippen LogP contribution is -2.51. The van der Waals surface area contributed by atoms with E-state index in [1.807, 2.05) is 25.2 Å². The van der Waals surface area contributed by atoms with Crippen molar-refractivity contribution in [2.24, 2.45) is 5.92 Å². The highest BCUT2D eigenvalue weighted by molar-refractivity contribution is 6.30. The highest BCUT2D eigenvalue weighted by Gasteiger charge is 2.44. The monoisotopic (exact) mass is 384 g/mol. The van der Waals surface area contributed by atoms with Gasteiger partial charge in [-0.1, -0.05) is 43.0 Å². The van der Waals surface area contributed by atoms with Gasteiger partial charge in [0, 0.05) is 18.1 Å². The van der Waals surface area contributed by atoms with Crippen molar-refractivity contribution in [2.45, 2.75) is 50.4 Å². The second-order valence-corrected chi connectivity index (χ2v) is 7.88. The first-order chi connectivity index (χ1) is 11.7. The van der Waals surface area contributed by atoms with Gasteiger partial charge >= 0.3 is 0 Å². The smallest absolute Gasteiger partial charge is 0.233 e. The first-order valence-corrected chi connectivity index (χ1v) is 9.73. The van der Waals surface area contributed by atoms with Crippen LogP contribution in [-0.2, 0) is 10.2 Å². The minimum Gasteiger partial charge on any atom is -0.342 e. The summed E-state index contributed by atoms with van der Waals surface area (Å²) >= 11 is 6.24. The lowest BCUT2D eigenvalue weighted by molar-refractivity contribution is -0.140. The molecule has 0 unspecified atom stereocenters. The highest BCUT2D eigenvalue weighted by atomic mass is 35.5. The van der Waals surface area contributed by atoms with Crippen LogP contribution in [0.25, 0.3) is 0 Å². The molecule has 0 radical (unpaired) electrons. The molecule has 0 spiro atoms. The van der Waals surface area contributed by atoms with Crippen molar-refractivity contribution in [3.63, 3.8) is 0 Å². The number of carbonyl (C=O) groups is 1. The van der Waals surface area contributed by atoms with Gasteiger partial charge in [0.05, 0.1) is 5.41 Å². The molecule has 3 nitrogen and oxygen atoms in total. The molecule has 1 aliphatic carbocycles. The van der Waals surface area contributed by atoms with Gasteiger partial charge in [0.15, 0.2) is 0 Å². The number of nitrogens with zero attached hydrogens (tertiary/aromatic N) is 1. The number of benzene rings is 1. The molecule has 3 rings (SSSR count). The Hall–Kier alpha value is -0.770. The normalized spacial score (nSPS) is 20.8. The summed E-state index contributed by atoms with van der Waals surface area (Å²) in [5, 5.41) is 4.00. The van der Waals surface area contributed by atoms with E-state index in [2.05, 4.69) is 16.3 Å². The molecule has 1 amide bonds. The van der Waals surface area contributed by atoms with Gasteiger partial charge in [-0.15, -0.1) is 12.4 Å². The Labute approximate surface area is 162 Å². The van der Waals surface area contributed by atoms with Crippen molar-refractivity contribution in [2.75, 3.05) is 26.7 Å². The number of rotatable bonds is 4. The molecule has 1 aromatic carbocycles. The Bertz CT molecular complexity index is 565. The number of carbonyl (C=O) groups excluding carboxylic acids is 1. The van der Waals surface area contributed by atoms with E-state index < -0.39 is 0 Å². The van der Waals surface area contributed by atoms with Crippen molar-refractivity contribution >= 4 is 29.9 Å². The van der Waals surface area contributed by atoms with Crippen LogP contribution in [0.2, 0.25) is 5.02 Å². The van der Waals surface area contributed by atoms with E-state index in [4.69, 9.17) is 11.6 Å². The zero-order chi connectivity index (χ0) is 17.0. The number of nitrogens with one attached hydrogen (secondary N) is 1. The van der Waals surface area contributed by atoms with E-state index in [0.29, 0.717) is 11.8 Å². The lowest BCUT2D eigenvalue weighted by atomic mass is 9.68. The van der Waals surface area contributed by atoms with Crippen molar-refractivity contribution in [3.8, 4) is 0 Å². The minimum absolute atomic E-state index is 0. The summed E-state index contributed by atoms with van der Waals surface area (Å²) in [7, 11) is 2.01. The van der Waals surface area contributed by atoms with Crippen LogP contribution in [0.5, 0.6) is 0 Å². The highest BCUT2D eigenvalue weighted by Crippen LogP contribution is 2.42. The zero-order valence-electron chi connectivity index (χ0n) is 15.1. The van der Waals surface area contributed by atoms with Crippen molar-refractivity contribution in [3.05, 3.63) is 34.9 Å². The van der Waals surface area contributed by atoms with Crippen LogP contribution in [0.4, 0.5) is 0 Å². The summed E-state index contributed by atoms with van der Waals surface area (Å²) in [5.41, 5.74) is 0.774. The van der Waals surface area contributed by atoms with Crippen LogP contribution in [-0.4, -0.2) is 37.5 Å². The molecular weight excluding hydrogens is 355 g/mol. The van der Waals surface area contributed by atoms with Gasteiger partial charge in [-0.05, 0) is 62.9 Å². The summed E-state index contributed by atoms with van der Waals surface area (Å²) in [4.78, 5) is 15.6. The second kappa shape index (κ2) is 9.25. The summed E-state index contributed by atoms with van der Waals surface area (Å²) in [5.74, 6) is 1.04. The predicted molar refractivity (Wildman–Crippen MR) is 107 cm³/mol. The third-order valence-corrected chi connectivity index (χ3v) is 6.12. The minimum atomic E-state index is -0.348. The van der Waals surface area contributed by atoms with E-state index in [9.17, 15) is 4.79 Å². The molecule has 140 valence electrons. The summed E-state index contributed by atoms with van der Waals surface area (Å²) in [6, 6.07) is 8.00. The van der Waals surface area contributed by atoms with Gasteiger partial charge in [-0.25, -0.2) is 0 Å². The number of halogens is 2. The molecule has 5 heteroatoms. The van der Waals surface area contributed by atoms with Gasteiger partial charge < -0.3 is 10.2 Å². The van der Waals surface area contributed by atoms with Crippen LogP contribution < -0.4 is 5.32 Å². The molecule has 1 N–H and O–H groups in total. The van der Waals surface area contributed by atoms with E-state index in [1.54, 1.807) is 0 Å². The van der Waals surface area contributed by atoms with Gasteiger partial charge in [-0.2, -0.15) is 0 Å². The standard InChI is InChI=1S/C20H29ClN2O.ClH/c1-22-15-16-8-12-23(13-9-16)19(24)20(10-3-2-4-11-20)17-6-5-7-18(21)14-17;/h5-7,14,16,22H,2-4,8-13,15H2,1H3;1H. The molecule has 0 atom stereocenters. The largest absolute Gasteiger partial charge is 0.342 e. The maximum absolute atomic E-state index is 13.5. The van der Waals surface area contributed by atoms with Crippen molar-refractivity contribution < 1.29 is 4.79 Å². The predicted octanol–water partition coefficient (Wildman–Crippen LogP) is 4.42. The van der Waals surface area contributed by atoms with Crippen LogP contribution in [0.1, 0.15) is 50.5 Å². The fourth-order valence-corrected chi connectivity index (χ4v) is 4.69. The van der Waals surface area contributed by atoms with Crippen molar-refractivity contribution in [1.82, 2.24) is 10.2 Å². The number of amides is 1. The average molecular weight is 385 g/mol. The van der Waals surface area contributed by atoms with Gasteiger partial charge in [0.1, 0.15) is 0 Å². The van der Waals surface area contributed by atoms with Crippen LogP contribution in [0.3, 0.4) is 0 Å². The SMILES string of the molecule is CNCC1CCN(C(=O)C2(c3cccc(Cl)c3)CCCCC2)CC1.Cl. The lowest BCUT2D eigenvalue weighted by Gasteiger charge is -2.42. The molecule has 0 bridgehead atoms. The molecule has 1 saturated carbocycles. The molecule has 1 saturated heterocycles. The number of hydrogen-bond donors (Lipinski definition) is 1. The Morgan fingerprint density at radius 1 is 1.24 bits per heavy atom. The number of likely N-dealkylation sites (tertiary alicyclic amines) is 1. The maximum Gasteiger partial charge on any atom is 0.233 e. The summed E-state index contributed by atoms with van der Waals surface area (Å²) in [6.07, 6.45) is 7.64. The summed E-state index contributed by atoms with van der Waals surface area (Å²) < 4.78 is 0. The molecule has 1 heterocycles. The van der Waals surface area contributed by atoms with Gasteiger partial charge in [0.25, 0.3) is 0 Å². The Morgan fingerprint density at radius 3 is 2.52 bits per heavy atom. The van der Waals surface area contributed by atoms with Crippen LogP contribution in [0, 0.1) is 5.92 Å². The number of piperidine rings is 1. The molecule has 25 heavy (non-hydrogen) atoms. The van der Waals surface area contributed by atoms with E-state index in [0.717, 1.165) is 68.7 Å². The van der Waals surface area contributed by atoms with E-state index >= 15 is 0 Å². The second-order valence-electron chi connectivity index (χ2n) is 7.45. The number of hydrogen-bond acceptors (Lipinski definition) is 2. The third-order valence-electron chi connectivity index (χ3n) is 5.89. The zero-order valence-corrected chi connectivity index (χ0v) is 16.7. The van der Waals surface area contributed by atoms with Gasteiger partial charge in [0.2, 0.25) is 5.91 Å². The molecular formula is C20H30Cl2N2O. The Morgan fingerprint density at radius 2 is 1.92 bits per heavy atom. The Kier molecular flexibility index (Phi) is 7.60. The summed E-state index contributed by atoms with van der Waals surface area (Å²) in [6.45, 7) is 2.85. The fourth-order valence-electron chi connectivity index (χ4n) is 4.50. The van der Waals surface area contributed by atoms with Gasteiger partial charge in [-0.3, -0.25) is 4.79 Å². The third kappa shape index (κ3) is 4.50. The van der Waals surface area contributed by atoms with Crippen LogP contribution >= 0.6 is 24.0 Å². The molecule has 1 aromatic rings. The fraction of sp³-hybridized carbons (Fsp3) is 0.650. The average Bonchev–Trinajstić information content (AvgIpc) is 2.63. The van der Waals surface area contributed by atoms with Crippen LogP contribution in [0.15, 0.2) is 24.3 Å². The quantitative estimate of drug-likeness (QED) is 0.832. The Balaban J connectivity index is 0.00000225. The van der Waals surface area contributed by atoms with E-state index in [1.165, 1.54) is 6.42 Å². The molecule has 0 aromatic heterocycles. The molecule has 2 aliphatic rings. The molecule has 1 aliphatic heterocycles. The van der Waals surface area contributed by atoms with Crippen molar-refractivity contribution in [1.29, 1.82) is 0 Å².